The van der Waals surface area contributed by atoms with Crippen LogP contribution in [0.15, 0.2) is 30.5 Å². The Bertz CT molecular complexity index is 406. The molecule has 0 saturated carbocycles. The van der Waals surface area contributed by atoms with Gasteiger partial charge in [0, 0.05) is 11.8 Å². The quantitative estimate of drug-likeness (QED) is 0.873. The molecule has 2 rings (SSSR count). The highest BCUT2D eigenvalue weighted by Crippen LogP contribution is 2.21. The summed E-state index contributed by atoms with van der Waals surface area (Å²) in [6.07, 6.45) is 5.91. The minimum Gasteiger partial charge on any atom is -0.497 e. The van der Waals surface area contributed by atoms with Crippen molar-refractivity contribution in [3.63, 3.8) is 0 Å². The third kappa shape index (κ3) is 3.12. The maximum absolute atomic E-state index is 13.4. The monoisotopic (exact) mass is 237 g/mol. The summed E-state index contributed by atoms with van der Waals surface area (Å²) in [4.78, 5) is 0. The number of benzene rings is 1. The van der Waals surface area contributed by atoms with Crippen molar-refractivity contribution in [2.75, 3.05) is 19.0 Å². The predicted molar refractivity (Wildman–Crippen MR) is 64.7 cm³/mol. The molecule has 0 bridgehead atoms. The van der Waals surface area contributed by atoms with E-state index in [-0.39, 0.29) is 17.7 Å². The highest BCUT2D eigenvalue weighted by Gasteiger charge is 2.11. The standard InChI is InChI=1S/C13H16FNO2/c1-16-13-6-5-10(8-12(13)14)15-9-11-4-2-3-7-17-11/h3,5-8,11,15H,2,4,9H2,1H3. The number of ether oxygens (including phenoxy) is 2. The largest absolute Gasteiger partial charge is 0.497 e. The number of anilines is 1. The van der Waals surface area contributed by atoms with Crippen molar-refractivity contribution in [2.24, 2.45) is 0 Å². The second-order valence-corrected chi connectivity index (χ2v) is 3.94. The molecule has 1 N–H and O–H groups in total. The van der Waals surface area contributed by atoms with Crippen LogP contribution in [0.25, 0.3) is 0 Å². The van der Waals surface area contributed by atoms with Crippen molar-refractivity contribution < 1.29 is 13.9 Å². The lowest BCUT2D eigenvalue weighted by Crippen LogP contribution is -2.22. The first-order chi connectivity index (χ1) is 8.29. The average molecular weight is 237 g/mol. The van der Waals surface area contributed by atoms with Gasteiger partial charge < -0.3 is 14.8 Å². The van der Waals surface area contributed by atoms with E-state index in [9.17, 15) is 4.39 Å². The SMILES string of the molecule is COc1ccc(NCC2CCC=CO2)cc1F. The molecule has 17 heavy (non-hydrogen) atoms. The van der Waals surface area contributed by atoms with Gasteiger partial charge in [0.15, 0.2) is 11.6 Å². The fourth-order valence-electron chi connectivity index (χ4n) is 1.74. The highest BCUT2D eigenvalue weighted by atomic mass is 19.1. The van der Waals surface area contributed by atoms with Crippen molar-refractivity contribution in [2.45, 2.75) is 18.9 Å². The Morgan fingerprint density at radius 2 is 2.41 bits per heavy atom. The van der Waals surface area contributed by atoms with E-state index < -0.39 is 0 Å². The molecule has 0 spiro atoms. The van der Waals surface area contributed by atoms with E-state index in [1.165, 1.54) is 13.2 Å². The Morgan fingerprint density at radius 3 is 3.06 bits per heavy atom. The first-order valence-corrected chi connectivity index (χ1v) is 5.67. The minimum absolute atomic E-state index is 0.158. The molecule has 1 unspecified atom stereocenters. The summed E-state index contributed by atoms with van der Waals surface area (Å²) in [6, 6.07) is 4.83. The van der Waals surface area contributed by atoms with Crippen molar-refractivity contribution in [1.29, 1.82) is 0 Å². The molecule has 3 nitrogen and oxygen atoms in total. The summed E-state index contributed by atoms with van der Waals surface area (Å²) in [5, 5.41) is 3.15. The molecule has 0 saturated heterocycles. The van der Waals surface area contributed by atoms with Crippen LogP contribution in [0.1, 0.15) is 12.8 Å². The summed E-state index contributed by atoms with van der Waals surface area (Å²) in [7, 11) is 1.45. The third-order valence-corrected chi connectivity index (χ3v) is 2.71. The van der Waals surface area contributed by atoms with Crippen molar-refractivity contribution >= 4 is 5.69 Å². The third-order valence-electron chi connectivity index (χ3n) is 2.71. The van der Waals surface area contributed by atoms with Crippen LogP contribution in [-0.4, -0.2) is 19.8 Å². The lowest BCUT2D eigenvalue weighted by atomic mass is 10.1. The molecule has 1 heterocycles. The van der Waals surface area contributed by atoms with Crippen LogP contribution in [0.5, 0.6) is 5.75 Å². The van der Waals surface area contributed by atoms with Gasteiger partial charge in [-0.05, 0) is 31.1 Å². The molecule has 1 aromatic rings. The summed E-state index contributed by atoms with van der Waals surface area (Å²) < 4.78 is 23.7. The van der Waals surface area contributed by atoms with E-state index in [4.69, 9.17) is 9.47 Å². The first kappa shape index (κ1) is 11.8. The van der Waals surface area contributed by atoms with Gasteiger partial charge in [-0.3, -0.25) is 0 Å². The Kier molecular flexibility index (Phi) is 3.85. The fraction of sp³-hybridized carbons (Fsp3) is 0.385. The van der Waals surface area contributed by atoms with Crippen LogP contribution >= 0.6 is 0 Å². The van der Waals surface area contributed by atoms with Crippen LogP contribution in [0, 0.1) is 5.82 Å². The molecule has 0 amide bonds. The number of rotatable bonds is 4. The van der Waals surface area contributed by atoms with E-state index in [2.05, 4.69) is 5.32 Å². The lowest BCUT2D eigenvalue weighted by Gasteiger charge is -2.20. The van der Waals surface area contributed by atoms with Crippen molar-refractivity contribution in [1.82, 2.24) is 0 Å². The van der Waals surface area contributed by atoms with E-state index in [1.807, 2.05) is 6.08 Å². The smallest absolute Gasteiger partial charge is 0.167 e. The summed E-state index contributed by atoms with van der Waals surface area (Å²) >= 11 is 0. The molecule has 1 aliphatic heterocycles. The van der Waals surface area contributed by atoms with Crippen LogP contribution in [0.3, 0.4) is 0 Å². The number of hydrogen-bond donors (Lipinski definition) is 1. The van der Waals surface area contributed by atoms with Crippen molar-refractivity contribution in [3.8, 4) is 5.75 Å². The topological polar surface area (TPSA) is 30.5 Å². The van der Waals surface area contributed by atoms with Gasteiger partial charge in [0.05, 0.1) is 19.9 Å². The zero-order chi connectivity index (χ0) is 12.1. The van der Waals surface area contributed by atoms with Crippen LogP contribution in [0.2, 0.25) is 0 Å². The number of hydrogen-bond acceptors (Lipinski definition) is 3. The van der Waals surface area contributed by atoms with E-state index >= 15 is 0 Å². The minimum atomic E-state index is -0.359. The van der Waals surface area contributed by atoms with Gasteiger partial charge in [0.1, 0.15) is 6.10 Å². The van der Waals surface area contributed by atoms with Crippen LogP contribution < -0.4 is 10.1 Å². The predicted octanol–water partition coefficient (Wildman–Crippen LogP) is 2.94. The van der Waals surface area contributed by atoms with E-state index in [0.29, 0.717) is 6.54 Å². The Morgan fingerprint density at radius 1 is 1.53 bits per heavy atom. The summed E-state index contributed by atoms with van der Waals surface area (Å²) in [6.45, 7) is 0.677. The van der Waals surface area contributed by atoms with Gasteiger partial charge in [-0.1, -0.05) is 0 Å². The molecule has 1 aromatic carbocycles. The highest BCUT2D eigenvalue weighted by molar-refractivity contribution is 5.47. The second-order valence-electron chi connectivity index (χ2n) is 3.94. The molecular formula is C13H16FNO2. The van der Waals surface area contributed by atoms with E-state index in [1.54, 1.807) is 18.4 Å². The number of halogens is 1. The van der Waals surface area contributed by atoms with Gasteiger partial charge >= 0.3 is 0 Å². The number of allylic oxidation sites excluding steroid dienone is 1. The number of nitrogens with one attached hydrogen (secondary N) is 1. The summed E-state index contributed by atoms with van der Waals surface area (Å²) in [5.41, 5.74) is 0.737. The molecule has 0 aliphatic carbocycles. The maximum atomic E-state index is 13.4. The lowest BCUT2D eigenvalue weighted by molar-refractivity contribution is 0.135. The molecule has 1 atom stereocenters. The van der Waals surface area contributed by atoms with Crippen LogP contribution in [-0.2, 0) is 4.74 Å². The zero-order valence-corrected chi connectivity index (χ0v) is 9.78. The number of methoxy groups -OCH3 is 1. The van der Waals surface area contributed by atoms with Gasteiger partial charge in [0.2, 0.25) is 0 Å². The van der Waals surface area contributed by atoms with Crippen LogP contribution in [0.4, 0.5) is 10.1 Å². The molecule has 4 heteroatoms. The molecular weight excluding hydrogens is 221 g/mol. The van der Waals surface area contributed by atoms with Gasteiger partial charge in [-0.2, -0.15) is 0 Å². The maximum Gasteiger partial charge on any atom is 0.167 e. The first-order valence-electron chi connectivity index (χ1n) is 5.67. The Balaban J connectivity index is 1.90. The second kappa shape index (κ2) is 5.57. The molecule has 0 fully saturated rings. The van der Waals surface area contributed by atoms with Gasteiger partial charge in [-0.15, -0.1) is 0 Å². The molecule has 0 aromatic heterocycles. The Hall–Kier alpha value is -1.71. The van der Waals surface area contributed by atoms with Gasteiger partial charge in [-0.25, -0.2) is 4.39 Å². The fourth-order valence-corrected chi connectivity index (χ4v) is 1.74. The molecule has 1 aliphatic rings. The Labute approximate surface area is 100 Å². The van der Waals surface area contributed by atoms with Gasteiger partial charge in [0.25, 0.3) is 0 Å². The average Bonchev–Trinajstić information content (AvgIpc) is 2.38. The van der Waals surface area contributed by atoms with E-state index in [0.717, 1.165) is 18.5 Å². The summed E-state index contributed by atoms with van der Waals surface area (Å²) in [5.74, 6) is -0.102. The normalized spacial score (nSPS) is 18.6. The zero-order valence-electron chi connectivity index (χ0n) is 9.78. The van der Waals surface area contributed by atoms with Crippen molar-refractivity contribution in [3.05, 3.63) is 36.4 Å². The molecule has 92 valence electrons. The molecule has 0 radical (unpaired) electrons.